The molecule has 2 aliphatic rings. The van der Waals surface area contributed by atoms with E-state index >= 15 is 0 Å². The summed E-state index contributed by atoms with van der Waals surface area (Å²) < 4.78 is 0. The molecule has 1 heterocycles. The lowest BCUT2D eigenvalue weighted by atomic mass is 10.2. The van der Waals surface area contributed by atoms with E-state index in [1.54, 1.807) is 4.90 Å². The fourth-order valence-corrected chi connectivity index (χ4v) is 2.95. The van der Waals surface area contributed by atoms with Crippen LogP contribution in [0.25, 0.3) is 0 Å². The molecule has 1 atom stereocenters. The third-order valence-corrected chi connectivity index (χ3v) is 4.23. The highest BCUT2D eigenvalue weighted by molar-refractivity contribution is 5.75. The summed E-state index contributed by atoms with van der Waals surface area (Å²) in [5.41, 5.74) is 1.21. The summed E-state index contributed by atoms with van der Waals surface area (Å²) in [6.07, 6.45) is 3.10. The molecular formula is C16H23N3O2. The van der Waals surface area contributed by atoms with Gasteiger partial charge in [-0.3, -0.25) is 0 Å². The van der Waals surface area contributed by atoms with E-state index in [-0.39, 0.29) is 18.7 Å². The van der Waals surface area contributed by atoms with Gasteiger partial charge in [-0.05, 0) is 31.4 Å². The first kappa shape index (κ1) is 14.2. The lowest BCUT2D eigenvalue weighted by Crippen LogP contribution is -2.47. The molecule has 1 unspecified atom stereocenters. The summed E-state index contributed by atoms with van der Waals surface area (Å²) >= 11 is 0. The molecule has 0 aromatic heterocycles. The van der Waals surface area contributed by atoms with E-state index in [2.05, 4.69) is 22.3 Å². The second kappa shape index (κ2) is 6.35. The van der Waals surface area contributed by atoms with Crippen molar-refractivity contribution in [3.63, 3.8) is 0 Å². The molecule has 1 aromatic carbocycles. The van der Waals surface area contributed by atoms with Crippen LogP contribution in [0.5, 0.6) is 0 Å². The van der Waals surface area contributed by atoms with E-state index in [4.69, 9.17) is 5.11 Å². The van der Waals surface area contributed by atoms with Crippen LogP contribution in [-0.4, -0.2) is 54.4 Å². The molecule has 2 fully saturated rings. The Labute approximate surface area is 125 Å². The van der Waals surface area contributed by atoms with Crippen molar-refractivity contribution in [3.8, 4) is 0 Å². The van der Waals surface area contributed by atoms with Gasteiger partial charge in [-0.25, -0.2) is 4.79 Å². The maximum absolute atomic E-state index is 12.3. The third-order valence-electron chi connectivity index (χ3n) is 4.23. The Balaban J connectivity index is 1.53. The van der Waals surface area contributed by atoms with Crippen molar-refractivity contribution < 1.29 is 9.90 Å². The number of aliphatic hydroxyl groups excluding tert-OH is 1. The second-order valence-corrected chi connectivity index (χ2v) is 5.86. The minimum absolute atomic E-state index is 0.0218. The number of rotatable bonds is 5. The second-order valence-electron chi connectivity index (χ2n) is 5.86. The number of carbonyl (C=O) groups excluding carboxylic acids is 1. The Kier molecular flexibility index (Phi) is 4.29. The molecule has 3 rings (SSSR count). The number of hydrogen-bond donors (Lipinski definition) is 2. The first-order chi connectivity index (χ1) is 10.3. The number of nitrogens with zero attached hydrogens (tertiary/aromatic N) is 2. The molecule has 114 valence electrons. The van der Waals surface area contributed by atoms with Gasteiger partial charge in [-0.2, -0.15) is 0 Å². The van der Waals surface area contributed by atoms with Crippen LogP contribution in [0.4, 0.5) is 10.5 Å². The van der Waals surface area contributed by atoms with Crippen molar-refractivity contribution in [3.05, 3.63) is 30.3 Å². The number of para-hydroxylation sites is 1. The summed E-state index contributed by atoms with van der Waals surface area (Å²) in [5, 5.41) is 12.2. The number of amides is 2. The van der Waals surface area contributed by atoms with Gasteiger partial charge in [-0.1, -0.05) is 18.2 Å². The molecule has 1 saturated heterocycles. The average molecular weight is 289 g/mol. The summed E-state index contributed by atoms with van der Waals surface area (Å²) in [5.74, 6) is 0. The van der Waals surface area contributed by atoms with Crippen LogP contribution >= 0.6 is 0 Å². The number of nitrogens with one attached hydrogen (secondary N) is 1. The maximum atomic E-state index is 12.3. The van der Waals surface area contributed by atoms with Crippen molar-refractivity contribution in [1.82, 2.24) is 10.2 Å². The highest BCUT2D eigenvalue weighted by Crippen LogP contribution is 2.27. The molecule has 2 N–H and O–H groups in total. The molecule has 0 bridgehead atoms. The zero-order chi connectivity index (χ0) is 14.7. The van der Waals surface area contributed by atoms with E-state index in [0.29, 0.717) is 12.6 Å². The monoisotopic (exact) mass is 289 g/mol. The highest BCUT2D eigenvalue weighted by atomic mass is 16.3. The third kappa shape index (κ3) is 3.47. The van der Waals surface area contributed by atoms with E-state index in [9.17, 15) is 4.79 Å². The van der Waals surface area contributed by atoms with Crippen LogP contribution in [0.1, 0.15) is 19.3 Å². The summed E-state index contributed by atoms with van der Waals surface area (Å²) in [6, 6.07) is 10.8. The quantitative estimate of drug-likeness (QED) is 0.862. The van der Waals surface area contributed by atoms with E-state index < -0.39 is 0 Å². The van der Waals surface area contributed by atoms with Crippen LogP contribution in [0.3, 0.4) is 0 Å². The highest BCUT2D eigenvalue weighted by Gasteiger charge is 2.34. The van der Waals surface area contributed by atoms with Gasteiger partial charge < -0.3 is 20.2 Å². The predicted molar refractivity (Wildman–Crippen MR) is 82.4 cm³/mol. The fraction of sp³-hybridized carbons (Fsp3) is 0.562. The lowest BCUT2D eigenvalue weighted by molar-refractivity contribution is 0.171. The predicted octanol–water partition coefficient (Wildman–Crippen LogP) is 1.43. The van der Waals surface area contributed by atoms with Crippen LogP contribution in [0.2, 0.25) is 0 Å². The molecule has 21 heavy (non-hydrogen) atoms. The van der Waals surface area contributed by atoms with Gasteiger partial charge in [0, 0.05) is 37.4 Å². The SMILES string of the molecule is O=C(NC1CCN(c2ccccc2)C1)N(CCO)C1CC1. The van der Waals surface area contributed by atoms with Crippen molar-refractivity contribution in [2.24, 2.45) is 0 Å². The molecule has 0 radical (unpaired) electrons. The molecular weight excluding hydrogens is 266 g/mol. The minimum Gasteiger partial charge on any atom is -0.395 e. The van der Waals surface area contributed by atoms with E-state index in [0.717, 1.165) is 32.4 Å². The molecule has 1 aliphatic heterocycles. The maximum Gasteiger partial charge on any atom is 0.318 e. The van der Waals surface area contributed by atoms with E-state index in [1.165, 1.54) is 5.69 Å². The molecule has 1 saturated carbocycles. The first-order valence-corrected chi connectivity index (χ1v) is 7.76. The Bertz CT molecular complexity index is 476. The van der Waals surface area contributed by atoms with Gasteiger partial charge in [0.15, 0.2) is 0 Å². The number of carbonyl (C=O) groups is 1. The van der Waals surface area contributed by atoms with Gasteiger partial charge in [0.2, 0.25) is 0 Å². The molecule has 1 aromatic rings. The first-order valence-electron chi connectivity index (χ1n) is 7.76. The number of aliphatic hydroxyl groups is 1. The van der Waals surface area contributed by atoms with Crippen LogP contribution in [-0.2, 0) is 0 Å². The zero-order valence-electron chi connectivity index (χ0n) is 12.2. The molecule has 0 spiro atoms. The summed E-state index contributed by atoms with van der Waals surface area (Å²) in [4.78, 5) is 16.4. The van der Waals surface area contributed by atoms with Gasteiger partial charge in [0.25, 0.3) is 0 Å². The normalized spacial score (nSPS) is 21.4. The lowest BCUT2D eigenvalue weighted by Gasteiger charge is -2.24. The summed E-state index contributed by atoms with van der Waals surface area (Å²) in [6.45, 7) is 2.29. The Morgan fingerprint density at radius 2 is 2.05 bits per heavy atom. The topological polar surface area (TPSA) is 55.8 Å². The zero-order valence-corrected chi connectivity index (χ0v) is 12.2. The van der Waals surface area contributed by atoms with Crippen LogP contribution < -0.4 is 10.2 Å². The van der Waals surface area contributed by atoms with Crippen molar-refractivity contribution in [2.45, 2.75) is 31.3 Å². The van der Waals surface area contributed by atoms with Gasteiger partial charge in [0.1, 0.15) is 0 Å². The van der Waals surface area contributed by atoms with Gasteiger partial charge in [0.05, 0.1) is 6.61 Å². The van der Waals surface area contributed by atoms with Crippen LogP contribution in [0, 0.1) is 0 Å². The largest absolute Gasteiger partial charge is 0.395 e. The average Bonchev–Trinajstić information content (AvgIpc) is 3.24. The Morgan fingerprint density at radius 1 is 1.29 bits per heavy atom. The number of anilines is 1. The van der Waals surface area contributed by atoms with Crippen molar-refractivity contribution in [2.75, 3.05) is 31.1 Å². The van der Waals surface area contributed by atoms with Crippen molar-refractivity contribution in [1.29, 1.82) is 0 Å². The minimum atomic E-state index is -0.0218. The standard InChI is InChI=1S/C16H23N3O2/c20-11-10-19(15-6-7-15)16(21)17-13-8-9-18(12-13)14-4-2-1-3-5-14/h1-5,13,15,20H,6-12H2,(H,17,21). The fourth-order valence-electron chi connectivity index (χ4n) is 2.95. The molecule has 5 heteroatoms. The molecule has 1 aliphatic carbocycles. The smallest absolute Gasteiger partial charge is 0.318 e. The van der Waals surface area contributed by atoms with Crippen LogP contribution in [0.15, 0.2) is 30.3 Å². The van der Waals surface area contributed by atoms with Gasteiger partial charge in [-0.15, -0.1) is 0 Å². The molecule has 5 nitrogen and oxygen atoms in total. The number of urea groups is 1. The number of hydrogen-bond acceptors (Lipinski definition) is 3. The van der Waals surface area contributed by atoms with Crippen molar-refractivity contribution >= 4 is 11.7 Å². The Morgan fingerprint density at radius 3 is 2.71 bits per heavy atom. The summed E-state index contributed by atoms with van der Waals surface area (Å²) in [7, 11) is 0. The number of benzene rings is 1. The van der Waals surface area contributed by atoms with Gasteiger partial charge >= 0.3 is 6.03 Å². The molecule has 2 amide bonds. The Hall–Kier alpha value is -1.75. The van der Waals surface area contributed by atoms with E-state index in [1.807, 2.05) is 18.2 Å².